The van der Waals surface area contributed by atoms with Crippen molar-refractivity contribution >= 4 is 113 Å². The standard InChI is InChI=1S/C46H27NOS2/c1-2-9-28(10-3-1)29-17-20-31(21-18-29)47(38-15-8-14-35-34-13-6-7-16-40(34)50-46(35)38)32-22-25-41-37(27-32)44-42(49-41)26-24-39-43(44)36-23-19-30-11-4-5-12-33(30)45(36)48-39/h1-27H. The molecular formula is C46H27NOS2. The zero-order chi connectivity index (χ0) is 32.8. The van der Waals surface area contributed by atoms with Gasteiger partial charge < -0.3 is 9.32 Å². The molecule has 11 aromatic rings. The van der Waals surface area contributed by atoms with E-state index in [-0.39, 0.29) is 0 Å². The minimum atomic E-state index is 0.928. The van der Waals surface area contributed by atoms with Gasteiger partial charge in [-0.05, 0) is 77.2 Å². The summed E-state index contributed by atoms with van der Waals surface area (Å²) in [5, 5.41) is 9.80. The molecule has 50 heavy (non-hydrogen) atoms. The van der Waals surface area contributed by atoms with E-state index in [9.17, 15) is 0 Å². The van der Waals surface area contributed by atoms with Gasteiger partial charge in [0.05, 0.1) is 10.4 Å². The first-order valence-electron chi connectivity index (χ1n) is 16.8. The SMILES string of the molecule is c1ccc(-c2ccc(N(c3ccc4sc5ccc6oc7c8ccccc8ccc7c6c5c4c3)c3cccc4c3sc3ccccc34)cc2)cc1. The van der Waals surface area contributed by atoms with Crippen LogP contribution in [0, 0.1) is 0 Å². The summed E-state index contributed by atoms with van der Waals surface area (Å²) in [4.78, 5) is 2.44. The molecule has 0 aliphatic carbocycles. The molecule has 234 valence electrons. The number of rotatable bonds is 4. The van der Waals surface area contributed by atoms with E-state index in [0.717, 1.165) is 33.3 Å². The van der Waals surface area contributed by atoms with Crippen LogP contribution in [-0.2, 0) is 0 Å². The van der Waals surface area contributed by atoms with Gasteiger partial charge in [0.1, 0.15) is 11.2 Å². The van der Waals surface area contributed by atoms with E-state index < -0.39 is 0 Å². The van der Waals surface area contributed by atoms with Gasteiger partial charge in [0.2, 0.25) is 0 Å². The Morgan fingerprint density at radius 3 is 2.04 bits per heavy atom. The summed E-state index contributed by atoms with van der Waals surface area (Å²) in [5.41, 5.74) is 7.74. The molecule has 8 aromatic carbocycles. The van der Waals surface area contributed by atoms with Gasteiger partial charge in [0.25, 0.3) is 0 Å². The predicted octanol–water partition coefficient (Wildman–Crippen LogP) is 14.6. The number of nitrogens with zero attached hydrogens (tertiary/aromatic N) is 1. The molecule has 0 aliphatic heterocycles. The Morgan fingerprint density at radius 1 is 0.420 bits per heavy atom. The van der Waals surface area contributed by atoms with Crippen LogP contribution < -0.4 is 4.90 Å². The number of benzene rings is 8. The highest BCUT2D eigenvalue weighted by Gasteiger charge is 2.21. The summed E-state index contributed by atoms with van der Waals surface area (Å²) in [6.07, 6.45) is 0. The molecule has 0 atom stereocenters. The molecule has 0 radical (unpaired) electrons. The van der Waals surface area contributed by atoms with Crippen LogP contribution in [0.3, 0.4) is 0 Å². The van der Waals surface area contributed by atoms with Gasteiger partial charge in [-0.15, -0.1) is 22.7 Å². The molecule has 0 fully saturated rings. The number of furan rings is 1. The van der Waals surface area contributed by atoms with Crippen LogP contribution in [0.15, 0.2) is 168 Å². The van der Waals surface area contributed by atoms with Crippen molar-refractivity contribution in [3.05, 3.63) is 164 Å². The van der Waals surface area contributed by atoms with Crippen LogP contribution in [-0.4, -0.2) is 0 Å². The maximum Gasteiger partial charge on any atom is 0.143 e. The first-order chi connectivity index (χ1) is 24.8. The lowest BCUT2D eigenvalue weighted by Crippen LogP contribution is -2.10. The van der Waals surface area contributed by atoms with E-state index >= 15 is 0 Å². The first-order valence-corrected chi connectivity index (χ1v) is 18.5. The van der Waals surface area contributed by atoms with Crippen LogP contribution in [0.1, 0.15) is 0 Å². The molecule has 0 bridgehead atoms. The third-order valence-electron chi connectivity index (χ3n) is 10.1. The number of hydrogen-bond acceptors (Lipinski definition) is 4. The van der Waals surface area contributed by atoms with Gasteiger partial charge in [0.15, 0.2) is 0 Å². The third kappa shape index (κ3) is 4.13. The van der Waals surface area contributed by atoms with Crippen molar-refractivity contribution in [3.63, 3.8) is 0 Å². The average molecular weight is 674 g/mol. The molecule has 0 saturated heterocycles. The first kappa shape index (κ1) is 28.0. The number of thiophene rings is 2. The highest BCUT2D eigenvalue weighted by atomic mass is 32.1. The zero-order valence-electron chi connectivity index (χ0n) is 26.8. The molecule has 0 spiro atoms. The Morgan fingerprint density at radius 2 is 1.14 bits per heavy atom. The Bertz CT molecular complexity index is 3090. The van der Waals surface area contributed by atoms with Crippen LogP contribution in [0.25, 0.3) is 84.2 Å². The zero-order valence-corrected chi connectivity index (χ0v) is 28.4. The van der Waals surface area contributed by atoms with Crippen LogP contribution >= 0.6 is 22.7 Å². The van der Waals surface area contributed by atoms with Crippen molar-refractivity contribution in [2.75, 3.05) is 4.90 Å². The number of anilines is 3. The van der Waals surface area contributed by atoms with E-state index in [2.05, 4.69) is 169 Å². The lowest BCUT2D eigenvalue weighted by Gasteiger charge is -2.26. The number of hydrogen-bond donors (Lipinski definition) is 0. The molecule has 3 aromatic heterocycles. The maximum atomic E-state index is 6.63. The van der Waals surface area contributed by atoms with Crippen molar-refractivity contribution in [2.24, 2.45) is 0 Å². The van der Waals surface area contributed by atoms with Gasteiger partial charge in [-0.25, -0.2) is 0 Å². The van der Waals surface area contributed by atoms with Crippen LogP contribution in [0.5, 0.6) is 0 Å². The molecule has 0 amide bonds. The second-order valence-corrected chi connectivity index (χ2v) is 15.0. The molecule has 0 N–H and O–H groups in total. The van der Waals surface area contributed by atoms with Crippen molar-refractivity contribution < 1.29 is 4.42 Å². The van der Waals surface area contributed by atoms with Crippen molar-refractivity contribution in [1.29, 1.82) is 0 Å². The van der Waals surface area contributed by atoms with Crippen molar-refractivity contribution in [2.45, 2.75) is 0 Å². The van der Waals surface area contributed by atoms with E-state index in [0.29, 0.717) is 0 Å². The second-order valence-electron chi connectivity index (χ2n) is 12.9. The largest absolute Gasteiger partial charge is 0.455 e. The minimum Gasteiger partial charge on any atom is -0.455 e. The van der Waals surface area contributed by atoms with Crippen molar-refractivity contribution in [1.82, 2.24) is 0 Å². The lowest BCUT2D eigenvalue weighted by atomic mass is 10.0. The summed E-state index contributed by atoms with van der Waals surface area (Å²) in [7, 11) is 0. The number of fused-ring (bicyclic) bond motifs is 12. The van der Waals surface area contributed by atoms with Crippen molar-refractivity contribution in [3.8, 4) is 11.1 Å². The second kappa shape index (κ2) is 10.8. The van der Waals surface area contributed by atoms with Crippen LogP contribution in [0.4, 0.5) is 17.1 Å². The maximum absolute atomic E-state index is 6.63. The molecule has 2 nitrogen and oxygen atoms in total. The fraction of sp³-hybridized carbons (Fsp3) is 0. The molecule has 11 rings (SSSR count). The van der Waals surface area contributed by atoms with Gasteiger partial charge in [0, 0.05) is 63.2 Å². The summed E-state index contributed by atoms with van der Waals surface area (Å²) in [5.74, 6) is 0. The summed E-state index contributed by atoms with van der Waals surface area (Å²) in [6.45, 7) is 0. The summed E-state index contributed by atoms with van der Waals surface area (Å²) >= 11 is 3.72. The van der Waals surface area contributed by atoms with E-state index in [1.54, 1.807) is 0 Å². The Kier molecular flexibility index (Phi) is 6.03. The Labute approximate surface area is 295 Å². The lowest BCUT2D eigenvalue weighted by molar-refractivity contribution is 0.673. The smallest absolute Gasteiger partial charge is 0.143 e. The van der Waals surface area contributed by atoms with Crippen LogP contribution in [0.2, 0.25) is 0 Å². The monoisotopic (exact) mass is 673 g/mol. The average Bonchev–Trinajstić information content (AvgIpc) is 3.87. The molecular weight excluding hydrogens is 647 g/mol. The minimum absolute atomic E-state index is 0.928. The molecule has 0 unspecified atom stereocenters. The van der Waals surface area contributed by atoms with Gasteiger partial charge >= 0.3 is 0 Å². The highest BCUT2D eigenvalue weighted by Crippen LogP contribution is 2.48. The highest BCUT2D eigenvalue weighted by molar-refractivity contribution is 7.26. The molecule has 0 aliphatic rings. The van der Waals surface area contributed by atoms with E-state index in [4.69, 9.17) is 4.42 Å². The Balaban J connectivity index is 1.18. The molecule has 0 saturated carbocycles. The van der Waals surface area contributed by atoms with E-state index in [1.165, 1.54) is 67.9 Å². The fourth-order valence-electron chi connectivity index (χ4n) is 7.76. The van der Waals surface area contributed by atoms with Gasteiger partial charge in [-0.3, -0.25) is 0 Å². The molecule has 4 heteroatoms. The topological polar surface area (TPSA) is 16.4 Å². The van der Waals surface area contributed by atoms with Gasteiger partial charge in [-0.1, -0.05) is 103 Å². The predicted molar refractivity (Wildman–Crippen MR) is 217 cm³/mol. The quantitative estimate of drug-likeness (QED) is 0.185. The normalized spacial score (nSPS) is 12.0. The summed E-state index contributed by atoms with van der Waals surface area (Å²) < 4.78 is 11.8. The fourth-order valence-corrected chi connectivity index (χ4v) is 10.1. The Hall–Kier alpha value is -5.94. The van der Waals surface area contributed by atoms with Gasteiger partial charge in [-0.2, -0.15) is 0 Å². The summed E-state index contributed by atoms with van der Waals surface area (Å²) in [6, 6.07) is 59.4. The third-order valence-corrected chi connectivity index (χ3v) is 12.4. The van der Waals surface area contributed by atoms with E-state index in [1.807, 2.05) is 22.7 Å². The molecule has 3 heterocycles.